The average molecular weight is 259 g/mol. The Morgan fingerprint density at radius 3 is 2.53 bits per heavy atom. The van der Waals surface area contributed by atoms with Crippen LogP contribution in [0.3, 0.4) is 0 Å². The first kappa shape index (κ1) is 14.6. The van der Waals surface area contributed by atoms with Gasteiger partial charge in [0.1, 0.15) is 0 Å². The predicted molar refractivity (Wildman–Crippen MR) is 74.7 cm³/mol. The Bertz CT molecular complexity index is 240. The number of carbonyl (C=O) groups is 1. The third-order valence-corrected chi connectivity index (χ3v) is 4.11. The summed E-state index contributed by atoms with van der Waals surface area (Å²) in [5.41, 5.74) is 0. The molecule has 1 atom stereocenters. The van der Waals surface area contributed by atoms with Crippen molar-refractivity contribution in [1.29, 1.82) is 0 Å². The molecule has 1 aliphatic heterocycles. The van der Waals surface area contributed by atoms with Crippen molar-refractivity contribution < 1.29 is 4.79 Å². The van der Waals surface area contributed by atoms with Crippen molar-refractivity contribution in [2.45, 2.75) is 31.8 Å². The summed E-state index contributed by atoms with van der Waals surface area (Å²) in [4.78, 5) is 15.6. The van der Waals surface area contributed by atoms with Gasteiger partial charge in [-0.3, -0.25) is 4.90 Å². The molecule has 0 aromatic heterocycles. The van der Waals surface area contributed by atoms with E-state index in [4.69, 9.17) is 0 Å². The van der Waals surface area contributed by atoms with Crippen molar-refractivity contribution in [3.05, 3.63) is 0 Å². The van der Waals surface area contributed by atoms with Crippen LogP contribution in [0.4, 0.5) is 4.79 Å². The van der Waals surface area contributed by atoms with Crippen molar-refractivity contribution in [2.75, 3.05) is 39.2 Å². The number of hydrogen-bond donors (Lipinski definition) is 1. The summed E-state index contributed by atoms with van der Waals surface area (Å²) in [6.45, 7) is 4.48. The highest BCUT2D eigenvalue weighted by Crippen LogP contribution is 2.15. The Kier molecular flexibility index (Phi) is 6.12. The molecule has 4 nitrogen and oxygen atoms in total. The monoisotopic (exact) mass is 259 g/mol. The van der Waals surface area contributed by atoms with Crippen LogP contribution >= 0.6 is 11.8 Å². The summed E-state index contributed by atoms with van der Waals surface area (Å²) in [5, 5.41) is 3.06. The zero-order valence-electron chi connectivity index (χ0n) is 11.4. The molecule has 1 fully saturated rings. The second-order valence-electron chi connectivity index (χ2n) is 4.96. The van der Waals surface area contributed by atoms with E-state index in [-0.39, 0.29) is 6.03 Å². The molecule has 1 rings (SSSR count). The van der Waals surface area contributed by atoms with Crippen molar-refractivity contribution in [1.82, 2.24) is 15.1 Å². The van der Waals surface area contributed by atoms with Gasteiger partial charge in [-0.05, 0) is 26.0 Å². The molecule has 1 heterocycles. The Morgan fingerprint density at radius 1 is 1.47 bits per heavy atom. The lowest BCUT2D eigenvalue weighted by Gasteiger charge is -2.36. The van der Waals surface area contributed by atoms with Crippen LogP contribution in [0.2, 0.25) is 0 Å². The Labute approximate surface area is 109 Å². The normalized spacial score (nSPS) is 20.0. The van der Waals surface area contributed by atoms with E-state index in [2.05, 4.69) is 23.4 Å². The van der Waals surface area contributed by atoms with Crippen molar-refractivity contribution >= 4 is 17.8 Å². The lowest BCUT2D eigenvalue weighted by molar-refractivity contribution is 0.159. The van der Waals surface area contributed by atoms with E-state index in [1.54, 1.807) is 19.0 Å². The minimum absolute atomic E-state index is 0.0283. The summed E-state index contributed by atoms with van der Waals surface area (Å²) in [5.74, 6) is 1.19. The number of nitrogens with zero attached hydrogens (tertiary/aromatic N) is 2. The van der Waals surface area contributed by atoms with E-state index in [9.17, 15) is 4.79 Å². The highest BCUT2D eigenvalue weighted by atomic mass is 32.2. The summed E-state index contributed by atoms with van der Waals surface area (Å²) in [6.07, 6.45) is 4.29. The number of urea groups is 1. The van der Waals surface area contributed by atoms with E-state index >= 15 is 0 Å². The fourth-order valence-corrected chi connectivity index (χ4v) is 2.83. The topological polar surface area (TPSA) is 35.6 Å². The molecular weight excluding hydrogens is 234 g/mol. The number of carbonyl (C=O) groups excluding carboxylic acids is 1. The van der Waals surface area contributed by atoms with Gasteiger partial charge in [0.15, 0.2) is 0 Å². The molecule has 5 heteroatoms. The third kappa shape index (κ3) is 4.76. The van der Waals surface area contributed by atoms with Gasteiger partial charge < -0.3 is 10.2 Å². The molecule has 0 bridgehead atoms. The number of amides is 2. The minimum atomic E-state index is 0.0283. The lowest BCUT2D eigenvalue weighted by atomic mass is 10.0. The van der Waals surface area contributed by atoms with Gasteiger partial charge >= 0.3 is 6.03 Å². The molecule has 0 radical (unpaired) electrons. The molecule has 0 spiro atoms. The highest BCUT2D eigenvalue weighted by molar-refractivity contribution is 7.98. The first-order chi connectivity index (χ1) is 8.04. The molecule has 0 aromatic carbocycles. The summed E-state index contributed by atoms with van der Waals surface area (Å²) in [7, 11) is 3.57. The van der Waals surface area contributed by atoms with Gasteiger partial charge in [-0.25, -0.2) is 4.79 Å². The van der Waals surface area contributed by atoms with E-state index in [1.165, 1.54) is 5.75 Å². The van der Waals surface area contributed by atoms with Crippen LogP contribution in [0.15, 0.2) is 0 Å². The standard InChI is InChI=1S/C12H25N3OS/c1-10(9-17-4)15-7-5-11(6-8-15)13-12(16)14(2)3/h10-11H,5-9H2,1-4H3,(H,13,16). The van der Waals surface area contributed by atoms with E-state index in [0.29, 0.717) is 12.1 Å². The van der Waals surface area contributed by atoms with Crippen LogP contribution in [0.5, 0.6) is 0 Å². The smallest absolute Gasteiger partial charge is 0.317 e. The van der Waals surface area contributed by atoms with Gasteiger partial charge in [0.2, 0.25) is 0 Å². The van der Waals surface area contributed by atoms with Gasteiger partial charge in [0.05, 0.1) is 0 Å². The molecule has 0 aromatic rings. The van der Waals surface area contributed by atoms with E-state index in [1.807, 2.05) is 11.8 Å². The van der Waals surface area contributed by atoms with Gasteiger partial charge in [-0.2, -0.15) is 11.8 Å². The molecule has 0 aliphatic carbocycles. The molecule has 100 valence electrons. The molecular formula is C12H25N3OS. The number of rotatable bonds is 4. The maximum atomic E-state index is 11.5. The van der Waals surface area contributed by atoms with E-state index < -0.39 is 0 Å². The third-order valence-electron chi connectivity index (χ3n) is 3.29. The molecule has 1 aliphatic rings. The van der Waals surface area contributed by atoms with Crippen LogP contribution in [0.25, 0.3) is 0 Å². The minimum Gasteiger partial charge on any atom is -0.335 e. The number of likely N-dealkylation sites (tertiary alicyclic amines) is 1. The molecule has 1 saturated heterocycles. The van der Waals surface area contributed by atoms with Gasteiger partial charge in [-0.1, -0.05) is 0 Å². The zero-order valence-corrected chi connectivity index (χ0v) is 12.2. The molecule has 2 amide bonds. The first-order valence-electron chi connectivity index (χ1n) is 6.25. The fraction of sp³-hybridized carbons (Fsp3) is 0.917. The summed E-state index contributed by atoms with van der Waals surface area (Å²) in [6, 6.07) is 1.03. The van der Waals surface area contributed by atoms with E-state index in [0.717, 1.165) is 25.9 Å². The second kappa shape index (κ2) is 7.11. The maximum Gasteiger partial charge on any atom is 0.317 e. The van der Waals surface area contributed by atoms with Gasteiger partial charge in [0.25, 0.3) is 0 Å². The first-order valence-corrected chi connectivity index (χ1v) is 7.64. The highest BCUT2D eigenvalue weighted by Gasteiger charge is 2.23. The van der Waals surface area contributed by atoms with Crippen LogP contribution in [0, 0.1) is 0 Å². The Hall–Kier alpha value is -0.420. The predicted octanol–water partition coefficient (Wildman–Crippen LogP) is 1.47. The Balaban J connectivity index is 2.28. The van der Waals surface area contributed by atoms with Crippen LogP contribution in [-0.4, -0.2) is 67.1 Å². The Morgan fingerprint density at radius 2 is 2.06 bits per heavy atom. The van der Waals surface area contributed by atoms with Crippen LogP contribution in [-0.2, 0) is 0 Å². The molecule has 1 unspecified atom stereocenters. The zero-order chi connectivity index (χ0) is 12.8. The number of piperidine rings is 1. The molecule has 17 heavy (non-hydrogen) atoms. The van der Waals surface area contributed by atoms with Gasteiger partial charge in [0, 0.05) is 45.0 Å². The largest absolute Gasteiger partial charge is 0.335 e. The average Bonchev–Trinajstić information content (AvgIpc) is 2.30. The van der Waals surface area contributed by atoms with Crippen LogP contribution < -0.4 is 5.32 Å². The quantitative estimate of drug-likeness (QED) is 0.830. The second-order valence-corrected chi connectivity index (χ2v) is 5.87. The lowest BCUT2D eigenvalue weighted by Crippen LogP contribution is -2.49. The van der Waals surface area contributed by atoms with Gasteiger partial charge in [-0.15, -0.1) is 0 Å². The number of nitrogens with one attached hydrogen (secondary N) is 1. The SMILES string of the molecule is CSCC(C)N1CCC(NC(=O)N(C)C)CC1. The fourth-order valence-electron chi connectivity index (χ4n) is 2.13. The number of thioether (sulfide) groups is 1. The molecule has 1 N–H and O–H groups in total. The van der Waals surface area contributed by atoms with Crippen molar-refractivity contribution in [3.63, 3.8) is 0 Å². The maximum absolute atomic E-state index is 11.5. The summed E-state index contributed by atoms with van der Waals surface area (Å²) >= 11 is 1.90. The summed E-state index contributed by atoms with van der Waals surface area (Å²) < 4.78 is 0. The van der Waals surface area contributed by atoms with Crippen LogP contribution in [0.1, 0.15) is 19.8 Å². The van der Waals surface area contributed by atoms with Crippen molar-refractivity contribution in [2.24, 2.45) is 0 Å². The molecule has 0 saturated carbocycles. The van der Waals surface area contributed by atoms with Crippen molar-refractivity contribution in [3.8, 4) is 0 Å². The number of hydrogen-bond acceptors (Lipinski definition) is 3.